The molecule has 3 amide bonds. The van der Waals surface area contributed by atoms with Crippen molar-refractivity contribution in [2.24, 2.45) is 0 Å². The number of aromatic hydroxyl groups is 1. The predicted molar refractivity (Wildman–Crippen MR) is 141 cm³/mol. The van der Waals surface area contributed by atoms with E-state index in [4.69, 9.17) is 4.18 Å². The molecule has 0 spiro atoms. The molecule has 0 bridgehead atoms. The number of hydrogen-bond acceptors (Lipinski definition) is 7. The van der Waals surface area contributed by atoms with Crippen molar-refractivity contribution in [1.82, 2.24) is 15.2 Å². The topological polar surface area (TPSA) is 109 Å². The Balaban J connectivity index is 1.33. The molecule has 1 aliphatic rings. The summed E-state index contributed by atoms with van der Waals surface area (Å²) >= 11 is 1.02. The molecule has 0 aliphatic carbocycles. The Kier molecular flexibility index (Phi) is 6.97. The maximum absolute atomic E-state index is 13.2. The quantitative estimate of drug-likeness (QED) is 0.194. The lowest BCUT2D eigenvalue weighted by molar-refractivity contribution is 0.0663. The van der Waals surface area contributed by atoms with Gasteiger partial charge in [0.25, 0.3) is 17.7 Å². The first-order valence-corrected chi connectivity index (χ1v) is 12.7. The highest BCUT2D eigenvalue weighted by Crippen LogP contribution is 2.40. The van der Waals surface area contributed by atoms with Gasteiger partial charge in [-0.15, -0.1) is 0 Å². The number of phenols is 1. The summed E-state index contributed by atoms with van der Waals surface area (Å²) in [7, 11) is 0. The third-order valence-corrected chi connectivity index (χ3v) is 6.87. The van der Waals surface area contributed by atoms with Gasteiger partial charge >= 0.3 is 0 Å². The molecule has 4 aromatic rings. The summed E-state index contributed by atoms with van der Waals surface area (Å²) < 4.78 is 19.2. The van der Waals surface area contributed by atoms with Crippen molar-refractivity contribution >= 4 is 40.7 Å². The van der Waals surface area contributed by atoms with Crippen molar-refractivity contribution in [2.45, 2.75) is 13.5 Å². The molecular formula is C28H22FN3O5S. The Morgan fingerprint density at radius 2 is 1.74 bits per heavy atom. The fourth-order valence-electron chi connectivity index (χ4n) is 4.32. The maximum Gasteiger partial charge on any atom is 0.261 e. The average Bonchev–Trinajstić information content (AvgIpc) is 3.17. The molecule has 0 unspecified atom stereocenters. The first-order valence-electron chi connectivity index (χ1n) is 11.7. The number of benzene rings is 3. The van der Waals surface area contributed by atoms with E-state index in [0.29, 0.717) is 33.4 Å². The number of rotatable bonds is 8. The lowest BCUT2D eigenvalue weighted by atomic mass is 10.0. The summed E-state index contributed by atoms with van der Waals surface area (Å²) in [5, 5.41) is 14.1. The summed E-state index contributed by atoms with van der Waals surface area (Å²) in [6, 6.07) is 15.8. The van der Waals surface area contributed by atoms with Crippen molar-refractivity contribution in [3.05, 3.63) is 100 Å². The van der Waals surface area contributed by atoms with Gasteiger partial charge in [0.05, 0.1) is 28.7 Å². The van der Waals surface area contributed by atoms with E-state index >= 15 is 0 Å². The van der Waals surface area contributed by atoms with E-state index in [0.717, 1.165) is 12.0 Å². The van der Waals surface area contributed by atoms with Crippen LogP contribution in [0.5, 0.6) is 11.5 Å². The zero-order valence-electron chi connectivity index (χ0n) is 20.2. The van der Waals surface area contributed by atoms with Crippen molar-refractivity contribution in [3.63, 3.8) is 0 Å². The van der Waals surface area contributed by atoms with E-state index < -0.39 is 5.91 Å². The number of nitrogens with one attached hydrogen (secondary N) is 1. The van der Waals surface area contributed by atoms with Crippen molar-refractivity contribution < 1.29 is 28.1 Å². The van der Waals surface area contributed by atoms with Crippen molar-refractivity contribution in [1.29, 1.82) is 0 Å². The Labute approximate surface area is 221 Å². The van der Waals surface area contributed by atoms with E-state index in [2.05, 4.69) is 10.3 Å². The molecule has 1 aliphatic heterocycles. The highest BCUT2D eigenvalue weighted by molar-refractivity contribution is 7.95. The number of hydrogen-bond donors (Lipinski definition) is 2. The largest absolute Gasteiger partial charge is 0.505 e. The lowest BCUT2D eigenvalue weighted by Gasteiger charge is -2.17. The van der Waals surface area contributed by atoms with Crippen LogP contribution < -0.4 is 9.50 Å². The smallest absolute Gasteiger partial charge is 0.261 e. The van der Waals surface area contributed by atoms with Gasteiger partial charge in [-0.25, -0.2) is 4.39 Å². The van der Waals surface area contributed by atoms with E-state index in [-0.39, 0.29) is 53.3 Å². The standard InChI is InChI=1S/C28H22FN3O5S/c1-16-22(26(34)31-15-17-8-10-18(29)11-9-17)24(33)23-21(7-4-12-30-23)25(16)37-38-14-13-32-27(35)19-5-2-3-6-20(19)28(32)36/h2-12,33H,13-15H2,1H3,(H,31,34). The second-order valence-electron chi connectivity index (χ2n) is 8.60. The van der Waals surface area contributed by atoms with Crippen molar-refractivity contribution in [2.75, 3.05) is 12.3 Å². The summed E-state index contributed by atoms with van der Waals surface area (Å²) in [5.41, 5.74) is 2.05. The van der Waals surface area contributed by atoms with Gasteiger partial charge in [0, 0.05) is 36.0 Å². The van der Waals surface area contributed by atoms with Crippen molar-refractivity contribution in [3.8, 4) is 11.5 Å². The first kappa shape index (κ1) is 25.2. The third-order valence-electron chi connectivity index (χ3n) is 6.24. The second-order valence-corrected chi connectivity index (χ2v) is 9.41. The second kappa shape index (κ2) is 10.5. The molecular weight excluding hydrogens is 509 g/mol. The minimum absolute atomic E-state index is 0.00857. The number of nitrogens with zero attached hydrogens (tertiary/aromatic N) is 2. The van der Waals surface area contributed by atoms with Crippen LogP contribution in [0.4, 0.5) is 4.39 Å². The van der Waals surface area contributed by atoms with Gasteiger partial charge in [0.15, 0.2) is 11.5 Å². The molecule has 10 heteroatoms. The predicted octanol–water partition coefficient (Wildman–Crippen LogP) is 4.64. The number of phenolic OH excluding ortho intramolecular Hbond substituents is 1. The van der Waals surface area contributed by atoms with E-state index in [9.17, 15) is 23.9 Å². The fourth-order valence-corrected chi connectivity index (χ4v) is 4.99. The Morgan fingerprint density at radius 1 is 1.05 bits per heavy atom. The highest BCUT2D eigenvalue weighted by Gasteiger charge is 2.34. The van der Waals surface area contributed by atoms with Crippen LogP contribution in [0.3, 0.4) is 0 Å². The molecule has 38 heavy (non-hydrogen) atoms. The van der Waals surface area contributed by atoms with Crippen LogP contribution in [0.25, 0.3) is 10.9 Å². The zero-order valence-corrected chi connectivity index (χ0v) is 21.0. The molecule has 8 nitrogen and oxygen atoms in total. The molecule has 2 N–H and O–H groups in total. The molecule has 1 aromatic heterocycles. The minimum atomic E-state index is -0.544. The van der Waals surface area contributed by atoms with Crippen LogP contribution in [-0.2, 0) is 6.54 Å². The van der Waals surface area contributed by atoms with Gasteiger partial charge in [0.1, 0.15) is 11.3 Å². The van der Waals surface area contributed by atoms with Crippen LogP contribution in [0, 0.1) is 12.7 Å². The number of amides is 3. The lowest BCUT2D eigenvalue weighted by Crippen LogP contribution is -2.32. The zero-order chi connectivity index (χ0) is 26.8. The van der Waals surface area contributed by atoms with E-state index in [1.807, 2.05) is 0 Å². The van der Waals surface area contributed by atoms with Crippen LogP contribution in [-0.4, -0.2) is 45.0 Å². The molecule has 0 radical (unpaired) electrons. The molecule has 0 atom stereocenters. The van der Waals surface area contributed by atoms with Gasteiger partial charge in [-0.1, -0.05) is 24.3 Å². The SMILES string of the molecule is Cc1c(C(=O)NCc2ccc(F)cc2)c(O)c2ncccc2c1OSCCN1C(=O)c2ccccc2C1=O. The van der Waals surface area contributed by atoms with Crippen LogP contribution in [0.15, 0.2) is 66.9 Å². The molecule has 192 valence electrons. The molecule has 0 fully saturated rings. The highest BCUT2D eigenvalue weighted by atomic mass is 32.2. The average molecular weight is 532 g/mol. The molecule has 0 saturated heterocycles. The Hall–Kier alpha value is -4.44. The van der Waals surface area contributed by atoms with Gasteiger partial charge in [-0.3, -0.25) is 24.3 Å². The van der Waals surface area contributed by atoms with Crippen LogP contribution in [0.1, 0.15) is 42.2 Å². The maximum atomic E-state index is 13.2. The number of halogens is 1. The number of pyridine rings is 1. The van der Waals surface area contributed by atoms with Gasteiger partial charge < -0.3 is 14.6 Å². The van der Waals surface area contributed by atoms with Crippen LogP contribution >= 0.6 is 12.0 Å². The fraction of sp³-hybridized carbons (Fsp3) is 0.143. The molecule has 5 rings (SSSR count). The van der Waals surface area contributed by atoms with Crippen LogP contribution in [0.2, 0.25) is 0 Å². The first-order chi connectivity index (χ1) is 18.4. The summed E-state index contributed by atoms with van der Waals surface area (Å²) in [4.78, 5) is 43.7. The Morgan fingerprint density at radius 3 is 2.42 bits per heavy atom. The number of carbonyl (C=O) groups is 3. The summed E-state index contributed by atoms with van der Waals surface area (Å²) in [5.74, 6) is -1.28. The molecule has 2 heterocycles. The number of aromatic nitrogens is 1. The monoisotopic (exact) mass is 531 g/mol. The minimum Gasteiger partial charge on any atom is -0.505 e. The number of imide groups is 1. The number of fused-ring (bicyclic) bond motifs is 2. The number of carbonyl (C=O) groups excluding carboxylic acids is 3. The van der Waals surface area contributed by atoms with Gasteiger partial charge in [0.2, 0.25) is 0 Å². The summed E-state index contributed by atoms with van der Waals surface area (Å²) in [6.45, 7) is 1.91. The van der Waals surface area contributed by atoms with Gasteiger partial charge in [-0.2, -0.15) is 0 Å². The normalized spacial score (nSPS) is 12.6. The summed E-state index contributed by atoms with van der Waals surface area (Å²) in [6.07, 6.45) is 1.50. The van der Waals surface area contributed by atoms with Gasteiger partial charge in [-0.05, 0) is 48.9 Å². The van der Waals surface area contributed by atoms with E-state index in [1.165, 1.54) is 23.2 Å². The Bertz CT molecular complexity index is 1540. The molecule has 0 saturated carbocycles. The molecule has 3 aromatic carbocycles. The third kappa shape index (κ3) is 4.66. The van der Waals surface area contributed by atoms with E-state index in [1.54, 1.807) is 55.5 Å².